The molecule has 1 aromatic rings. The van der Waals surface area contributed by atoms with Gasteiger partial charge in [-0.3, -0.25) is 4.79 Å². The summed E-state index contributed by atoms with van der Waals surface area (Å²) in [6.45, 7) is 4.12. The lowest BCUT2D eigenvalue weighted by atomic mass is 10.2. The summed E-state index contributed by atoms with van der Waals surface area (Å²) in [5, 5.41) is 8.87. The zero-order chi connectivity index (χ0) is 17.6. The third-order valence-electron chi connectivity index (χ3n) is 2.55. The Labute approximate surface area is 129 Å². The average molecular weight is 327 g/mol. The highest BCUT2D eigenvalue weighted by Gasteiger charge is 2.31. The monoisotopic (exact) mass is 327 g/mol. The van der Waals surface area contributed by atoms with E-state index in [-0.39, 0.29) is 11.3 Å². The lowest BCUT2D eigenvalue weighted by Crippen LogP contribution is -2.25. The van der Waals surface area contributed by atoms with Gasteiger partial charge in [-0.1, -0.05) is 12.6 Å². The Morgan fingerprint density at radius 1 is 1.39 bits per heavy atom. The molecule has 0 N–H and O–H groups in total. The molecule has 0 aromatic heterocycles. The quantitative estimate of drug-likeness (QED) is 0.472. The highest BCUT2D eigenvalue weighted by atomic mass is 19.4. The van der Waals surface area contributed by atoms with Gasteiger partial charge < -0.3 is 9.47 Å². The first kappa shape index (κ1) is 18.2. The number of benzene rings is 1. The number of carbonyl (C=O) groups is 2. The van der Waals surface area contributed by atoms with Gasteiger partial charge in [0.25, 0.3) is 0 Å². The number of rotatable bonds is 5. The molecular weight excluding hydrogens is 315 g/mol. The van der Waals surface area contributed by atoms with E-state index in [4.69, 9.17) is 10.00 Å². The van der Waals surface area contributed by atoms with Crippen LogP contribution < -0.4 is 4.74 Å². The van der Waals surface area contributed by atoms with E-state index in [0.29, 0.717) is 6.07 Å². The topological polar surface area (TPSA) is 76.4 Å². The number of halogens is 3. The van der Waals surface area contributed by atoms with Gasteiger partial charge in [0.1, 0.15) is 12.4 Å². The van der Waals surface area contributed by atoms with E-state index >= 15 is 0 Å². The van der Waals surface area contributed by atoms with Gasteiger partial charge in [0.05, 0.1) is 11.6 Å². The van der Waals surface area contributed by atoms with Crippen LogP contribution in [0.15, 0.2) is 36.4 Å². The largest absolute Gasteiger partial charge is 0.460 e. The molecule has 122 valence electrons. The van der Waals surface area contributed by atoms with Gasteiger partial charge in [0.2, 0.25) is 0 Å². The van der Waals surface area contributed by atoms with Crippen molar-refractivity contribution in [1.82, 2.24) is 0 Å². The van der Waals surface area contributed by atoms with Crippen molar-refractivity contribution < 1.29 is 32.2 Å². The van der Waals surface area contributed by atoms with Crippen LogP contribution in [0, 0.1) is 17.2 Å². The fourth-order valence-electron chi connectivity index (χ4n) is 1.36. The van der Waals surface area contributed by atoms with E-state index in [1.165, 1.54) is 6.92 Å². The molecule has 1 aromatic carbocycles. The van der Waals surface area contributed by atoms with Crippen molar-refractivity contribution in [1.29, 1.82) is 5.26 Å². The van der Waals surface area contributed by atoms with Crippen molar-refractivity contribution in [3.63, 3.8) is 0 Å². The number of nitrogens with zero attached hydrogens (tertiary/aromatic N) is 1. The molecule has 0 spiro atoms. The highest BCUT2D eigenvalue weighted by Crippen LogP contribution is 2.31. The number of hydrogen-bond acceptors (Lipinski definition) is 5. The predicted octanol–water partition coefficient (Wildman–Crippen LogP) is 2.87. The van der Waals surface area contributed by atoms with Crippen LogP contribution in [0.5, 0.6) is 5.75 Å². The maximum Gasteiger partial charge on any atom is 0.416 e. The second-order valence-electron chi connectivity index (χ2n) is 4.51. The molecule has 0 radical (unpaired) electrons. The van der Waals surface area contributed by atoms with Crippen LogP contribution in [0.25, 0.3) is 0 Å². The summed E-state index contributed by atoms with van der Waals surface area (Å²) in [6, 6.07) is 5.21. The number of ether oxygens (including phenoxy) is 2. The van der Waals surface area contributed by atoms with E-state index in [9.17, 15) is 22.8 Å². The summed E-state index contributed by atoms with van der Waals surface area (Å²) in [6.07, 6.45) is -4.59. The van der Waals surface area contributed by atoms with Gasteiger partial charge in [-0.25, -0.2) is 4.79 Å². The fraction of sp³-hybridized carbons (Fsp3) is 0.267. The molecule has 0 aliphatic carbocycles. The molecular formula is C15H12F3NO4. The molecule has 0 saturated heterocycles. The number of carbonyl (C=O) groups excluding carboxylic acids is 2. The molecule has 0 amide bonds. The SMILES string of the molecule is C=C(C)C(=O)OCC(C#N)C(=O)Oc1cccc(C(F)(F)F)c1. The first-order chi connectivity index (χ1) is 10.6. The summed E-state index contributed by atoms with van der Waals surface area (Å²) in [4.78, 5) is 22.9. The Morgan fingerprint density at radius 3 is 2.57 bits per heavy atom. The van der Waals surface area contributed by atoms with Gasteiger partial charge in [-0.2, -0.15) is 18.4 Å². The molecule has 8 heteroatoms. The Bertz CT molecular complexity index is 661. The average Bonchev–Trinajstić information content (AvgIpc) is 2.46. The maximum atomic E-state index is 12.6. The van der Waals surface area contributed by atoms with Gasteiger partial charge >= 0.3 is 18.1 Å². The first-order valence-corrected chi connectivity index (χ1v) is 6.26. The number of alkyl halides is 3. The molecule has 0 heterocycles. The fourth-order valence-corrected chi connectivity index (χ4v) is 1.36. The van der Waals surface area contributed by atoms with Crippen LogP contribution >= 0.6 is 0 Å². The Kier molecular flexibility index (Phi) is 5.90. The molecule has 0 aliphatic heterocycles. The molecule has 1 rings (SSSR count). The Hall–Kier alpha value is -2.82. The normalized spacial score (nSPS) is 12.0. The van der Waals surface area contributed by atoms with E-state index in [1.54, 1.807) is 6.07 Å². The van der Waals surface area contributed by atoms with Crippen LogP contribution in [0.4, 0.5) is 13.2 Å². The standard InChI is InChI=1S/C15H12F3NO4/c1-9(2)13(20)22-8-10(7-19)14(21)23-12-5-3-4-11(6-12)15(16,17)18/h3-6,10H,1,8H2,2H3. The summed E-state index contributed by atoms with van der Waals surface area (Å²) < 4.78 is 47.0. The smallest absolute Gasteiger partial charge is 0.416 e. The van der Waals surface area contributed by atoms with E-state index in [0.717, 1.165) is 18.2 Å². The van der Waals surface area contributed by atoms with Crippen molar-refractivity contribution >= 4 is 11.9 Å². The van der Waals surface area contributed by atoms with Crippen LogP contribution in [0.2, 0.25) is 0 Å². The van der Waals surface area contributed by atoms with Crippen molar-refractivity contribution in [3.05, 3.63) is 42.0 Å². The van der Waals surface area contributed by atoms with Gasteiger partial charge in [-0.15, -0.1) is 0 Å². The molecule has 1 atom stereocenters. The second kappa shape index (κ2) is 7.45. The summed E-state index contributed by atoms with van der Waals surface area (Å²) in [5.41, 5.74) is -0.919. The highest BCUT2D eigenvalue weighted by molar-refractivity contribution is 5.87. The number of nitriles is 1. The molecule has 0 saturated carbocycles. The van der Waals surface area contributed by atoms with Crippen molar-refractivity contribution in [2.45, 2.75) is 13.1 Å². The van der Waals surface area contributed by atoms with Gasteiger partial charge in [0.15, 0.2) is 5.92 Å². The third kappa shape index (κ3) is 5.47. The number of hydrogen-bond donors (Lipinski definition) is 0. The van der Waals surface area contributed by atoms with Gasteiger partial charge in [0, 0.05) is 5.57 Å². The molecule has 5 nitrogen and oxygen atoms in total. The molecule has 23 heavy (non-hydrogen) atoms. The molecule has 0 fully saturated rings. The van der Waals surface area contributed by atoms with Crippen molar-refractivity contribution in [2.75, 3.05) is 6.61 Å². The minimum atomic E-state index is -4.59. The Morgan fingerprint density at radius 2 is 2.04 bits per heavy atom. The summed E-state index contributed by atoms with van der Waals surface area (Å²) in [7, 11) is 0. The molecule has 0 aliphatic rings. The summed E-state index contributed by atoms with van der Waals surface area (Å²) in [5.74, 6) is -3.75. The third-order valence-corrected chi connectivity index (χ3v) is 2.55. The maximum absolute atomic E-state index is 12.6. The lowest BCUT2D eigenvalue weighted by Gasteiger charge is -2.12. The summed E-state index contributed by atoms with van der Waals surface area (Å²) >= 11 is 0. The minimum absolute atomic E-state index is 0.0768. The lowest BCUT2D eigenvalue weighted by molar-refractivity contribution is -0.145. The van der Waals surface area contributed by atoms with E-state index in [1.807, 2.05) is 0 Å². The van der Waals surface area contributed by atoms with Crippen LogP contribution in [0.3, 0.4) is 0 Å². The first-order valence-electron chi connectivity index (χ1n) is 6.26. The molecule has 0 bridgehead atoms. The minimum Gasteiger partial charge on any atom is -0.460 e. The zero-order valence-corrected chi connectivity index (χ0v) is 12.0. The van der Waals surface area contributed by atoms with Crippen molar-refractivity contribution in [3.8, 4) is 11.8 Å². The Balaban J connectivity index is 2.76. The second-order valence-corrected chi connectivity index (χ2v) is 4.51. The predicted molar refractivity (Wildman–Crippen MR) is 72.0 cm³/mol. The van der Waals surface area contributed by atoms with E-state index < -0.39 is 36.2 Å². The number of esters is 2. The van der Waals surface area contributed by atoms with E-state index in [2.05, 4.69) is 11.3 Å². The molecule has 1 unspecified atom stereocenters. The van der Waals surface area contributed by atoms with Gasteiger partial charge in [-0.05, 0) is 25.1 Å². The van der Waals surface area contributed by atoms with Crippen LogP contribution in [-0.4, -0.2) is 18.5 Å². The van der Waals surface area contributed by atoms with Crippen LogP contribution in [0.1, 0.15) is 12.5 Å². The zero-order valence-electron chi connectivity index (χ0n) is 12.0. The van der Waals surface area contributed by atoms with Crippen LogP contribution in [-0.2, 0) is 20.5 Å². The van der Waals surface area contributed by atoms with Crippen molar-refractivity contribution in [2.24, 2.45) is 5.92 Å².